The lowest BCUT2D eigenvalue weighted by atomic mass is 9.87. The van der Waals surface area contributed by atoms with Crippen molar-refractivity contribution in [3.05, 3.63) is 100 Å². The Labute approximate surface area is 217 Å². The fourth-order valence-corrected chi connectivity index (χ4v) is 5.10. The number of hydrogen-bond acceptors (Lipinski definition) is 3. The van der Waals surface area contributed by atoms with Crippen LogP contribution in [0, 0.1) is 18.7 Å². The number of amides is 2. The van der Waals surface area contributed by atoms with E-state index in [2.05, 4.69) is 36.5 Å². The van der Waals surface area contributed by atoms with Crippen LogP contribution in [0.2, 0.25) is 0 Å². The Bertz CT molecular complexity index is 1300. The van der Waals surface area contributed by atoms with Crippen molar-refractivity contribution in [1.29, 1.82) is 0 Å². The molecule has 0 spiro atoms. The highest BCUT2D eigenvalue weighted by molar-refractivity contribution is 5.82. The van der Waals surface area contributed by atoms with Gasteiger partial charge < -0.3 is 15.0 Å². The third-order valence-electron chi connectivity index (χ3n) is 7.21. The van der Waals surface area contributed by atoms with Gasteiger partial charge in [-0.05, 0) is 79.1 Å². The summed E-state index contributed by atoms with van der Waals surface area (Å²) in [5.74, 6) is 0.391. The number of hydrogen-bond donors (Lipinski definition) is 1. The van der Waals surface area contributed by atoms with Crippen molar-refractivity contribution in [2.45, 2.75) is 58.2 Å². The first-order valence-electron chi connectivity index (χ1n) is 13.1. The van der Waals surface area contributed by atoms with E-state index in [1.54, 1.807) is 12.1 Å². The first-order valence-corrected chi connectivity index (χ1v) is 13.1. The van der Waals surface area contributed by atoms with Crippen molar-refractivity contribution < 1.29 is 18.7 Å². The molecule has 1 N–H and O–H groups in total. The van der Waals surface area contributed by atoms with Gasteiger partial charge in [-0.3, -0.25) is 9.59 Å². The van der Waals surface area contributed by atoms with Crippen LogP contribution in [-0.2, 0) is 22.6 Å². The van der Waals surface area contributed by atoms with Crippen molar-refractivity contribution >= 4 is 11.8 Å². The molecule has 0 aromatic heterocycles. The van der Waals surface area contributed by atoms with E-state index in [0.29, 0.717) is 24.3 Å². The van der Waals surface area contributed by atoms with Crippen molar-refractivity contribution in [3.63, 3.8) is 0 Å². The summed E-state index contributed by atoms with van der Waals surface area (Å²) in [6.45, 7) is 4.89. The van der Waals surface area contributed by atoms with Gasteiger partial charge in [0.05, 0.1) is 6.04 Å². The first-order chi connectivity index (χ1) is 17.9. The summed E-state index contributed by atoms with van der Waals surface area (Å²) >= 11 is 0. The molecule has 1 heterocycles. The number of halogens is 1. The number of benzene rings is 3. The van der Waals surface area contributed by atoms with Crippen molar-refractivity contribution in [1.82, 2.24) is 10.2 Å². The van der Waals surface area contributed by atoms with Crippen molar-refractivity contribution in [3.8, 4) is 5.75 Å². The topological polar surface area (TPSA) is 58.6 Å². The zero-order chi connectivity index (χ0) is 25.9. The molecule has 192 valence electrons. The third kappa shape index (κ3) is 5.68. The quantitative estimate of drug-likeness (QED) is 0.445. The fraction of sp³-hybridized carbons (Fsp3) is 0.355. The minimum Gasteiger partial charge on any atom is -0.481 e. The molecule has 5 rings (SSSR count). The Balaban J connectivity index is 1.38. The number of nitrogens with zero attached hydrogens (tertiary/aromatic N) is 1. The van der Waals surface area contributed by atoms with Crippen molar-refractivity contribution in [2.75, 3.05) is 6.54 Å². The summed E-state index contributed by atoms with van der Waals surface area (Å²) in [6.07, 6.45) is 2.53. The van der Waals surface area contributed by atoms with E-state index in [0.717, 1.165) is 36.0 Å². The Morgan fingerprint density at radius 2 is 1.89 bits per heavy atom. The van der Waals surface area contributed by atoms with Crippen LogP contribution in [0.3, 0.4) is 0 Å². The van der Waals surface area contributed by atoms with Crippen LogP contribution in [0.15, 0.2) is 66.7 Å². The first kappa shape index (κ1) is 25.0. The van der Waals surface area contributed by atoms with E-state index in [-0.39, 0.29) is 36.1 Å². The van der Waals surface area contributed by atoms with Crippen LogP contribution in [0.4, 0.5) is 4.39 Å². The van der Waals surface area contributed by atoms with Crippen LogP contribution in [0.5, 0.6) is 5.75 Å². The number of aryl methyl sites for hydroxylation is 1. The molecule has 2 amide bonds. The predicted molar refractivity (Wildman–Crippen MR) is 141 cm³/mol. The lowest BCUT2D eigenvalue weighted by Gasteiger charge is -2.38. The van der Waals surface area contributed by atoms with Gasteiger partial charge >= 0.3 is 0 Å². The van der Waals surface area contributed by atoms with Crippen LogP contribution in [0.1, 0.15) is 60.0 Å². The van der Waals surface area contributed by atoms with Crippen LogP contribution in [0.25, 0.3) is 0 Å². The average Bonchev–Trinajstić information content (AvgIpc) is 3.75. The molecule has 37 heavy (non-hydrogen) atoms. The number of carbonyl (C=O) groups excluding carboxylic acids is 2. The molecular formula is C31H33FN2O3. The van der Waals surface area contributed by atoms with Gasteiger partial charge in [-0.25, -0.2) is 4.39 Å². The lowest BCUT2D eigenvalue weighted by Crippen LogP contribution is -2.41. The van der Waals surface area contributed by atoms with E-state index in [9.17, 15) is 14.0 Å². The van der Waals surface area contributed by atoms with Crippen LogP contribution >= 0.6 is 0 Å². The molecule has 1 aliphatic carbocycles. The van der Waals surface area contributed by atoms with E-state index in [1.807, 2.05) is 30.0 Å². The maximum absolute atomic E-state index is 13.5. The van der Waals surface area contributed by atoms with Gasteiger partial charge in [0.15, 0.2) is 6.10 Å². The highest BCUT2D eigenvalue weighted by atomic mass is 19.1. The normalized spacial score (nSPS) is 17.6. The van der Waals surface area contributed by atoms with E-state index >= 15 is 0 Å². The Kier molecular flexibility index (Phi) is 7.26. The van der Waals surface area contributed by atoms with Gasteiger partial charge in [0.2, 0.25) is 5.91 Å². The zero-order valence-electron chi connectivity index (χ0n) is 21.4. The summed E-state index contributed by atoms with van der Waals surface area (Å²) in [4.78, 5) is 28.2. The van der Waals surface area contributed by atoms with Gasteiger partial charge in [-0.2, -0.15) is 0 Å². The standard InChI is InChI=1S/C31H33FN2O3/c1-3-28(30(35)33-19-21-7-5-9-25(32)17-21)37-26-13-12-22-14-15-34(31(36)23-10-11-23)29(27(22)18-26)24-8-4-6-20(2)16-24/h4-9,12-13,16-18,23,28-29H,3,10-11,14-15,19H2,1-2H3,(H,33,35)/t28-,29-/m0/s1. The van der Waals surface area contributed by atoms with Gasteiger partial charge in [0.1, 0.15) is 11.6 Å². The van der Waals surface area contributed by atoms with Gasteiger partial charge in [0.25, 0.3) is 5.91 Å². The summed E-state index contributed by atoms with van der Waals surface area (Å²) in [6, 6.07) is 20.3. The molecule has 5 nitrogen and oxygen atoms in total. The molecule has 3 aromatic carbocycles. The molecule has 1 saturated carbocycles. The van der Waals surface area contributed by atoms with E-state index in [1.165, 1.54) is 17.7 Å². The number of rotatable bonds is 8. The molecule has 3 aromatic rings. The number of fused-ring (bicyclic) bond motifs is 1. The van der Waals surface area contributed by atoms with E-state index in [4.69, 9.17) is 4.74 Å². The minimum absolute atomic E-state index is 0.138. The summed E-state index contributed by atoms with van der Waals surface area (Å²) in [7, 11) is 0. The molecule has 6 heteroatoms. The van der Waals surface area contributed by atoms with Crippen molar-refractivity contribution in [2.24, 2.45) is 5.92 Å². The average molecular weight is 501 g/mol. The smallest absolute Gasteiger partial charge is 0.261 e. The highest BCUT2D eigenvalue weighted by Gasteiger charge is 2.39. The Morgan fingerprint density at radius 3 is 2.62 bits per heavy atom. The molecule has 1 fully saturated rings. The second-order valence-electron chi connectivity index (χ2n) is 10.1. The molecule has 0 saturated heterocycles. The highest BCUT2D eigenvalue weighted by Crippen LogP contribution is 2.41. The third-order valence-corrected chi connectivity index (χ3v) is 7.21. The molecule has 2 aliphatic rings. The zero-order valence-corrected chi connectivity index (χ0v) is 21.4. The SMILES string of the molecule is CC[C@H](Oc1ccc2c(c1)[C@H](c1cccc(C)c1)N(C(=O)C1CC1)CC2)C(=O)NCc1cccc(F)c1. The lowest BCUT2D eigenvalue weighted by molar-refractivity contribution is -0.134. The van der Waals surface area contributed by atoms with E-state index < -0.39 is 6.10 Å². The Morgan fingerprint density at radius 1 is 1.08 bits per heavy atom. The summed E-state index contributed by atoms with van der Waals surface area (Å²) < 4.78 is 19.7. The minimum atomic E-state index is -0.684. The van der Waals surface area contributed by atoms with Crippen LogP contribution < -0.4 is 10.1 Å². The largest absolute Gasteiger partial charge is 0.481 e. The number of nitrogens with one attached hydrogen (secondary N) is 1. The summed E-state index contributed by atoms with van der Waals surface area (Å²) in [5, 5.41) is 2.86. The molecule has 0 bridgehead atoms. The molecule has 0 unspecified atom stereocenters. The second-order valence-corrected chi connectivity index (χ2v) is 10.1. The van der Waals surface area contributed by atoms with Gasteiger partial charge in [-0.1, -0.05) is 55.0 Å². The maximum Gasteiger partial charge on any atom is 0.261 e. The Hall–Kier alpha value is -3.67. The maximum atomic E-state index is 13.5. The molecule has 1 aliphatic heterocycles. The molecule has 2 atom stereocenters. The predicted octanol–water partition coefficient (Wildman–Crippen LogP) is 5.49. The monoisotopic (exact) mass is 500 g/mol. The molecule has 0 radical (unpaired) electrons. The van der Waals surface area contributed by atoms with Gasteiger partial charge in [-0.15, -0.1) is 0 Å². The number of carbonyl (C=O) groups is 2. The van der Waals surface area contributed by atoms with Gasteiger partial charge in [0, 0.05) is 19.0 Å². The fourth-order valence-electron chi connectivity index (χ4n) is 5.10. The number of ether oxygens (including phenoxy) is 1. The second kappa shape index (κ2) is 10.8. The molecular weight excluding hydrogens is 467 g/mol. The van der Waals surface area contributed by atoms with Crippen LogP contribution in [-0.4, -0.2) is 29.4 Å². The summed E-state index contributed by atoms with van der Waals surface area (Å²) in [5.41, 5.74) is 5.18.